The zero-order valence-corrected chi connectivity index (χ0v) is 22.2. The molecule has 0 spiro atoms. The van der Waals surface area contributed by atoms with Crippen LogP contribution in [-0.2, 0) is 4.74 Å². The highest BCUT2D eigenvalue weighted by Crippen LogP contribution is 2.33. The van der Waals surface area contributed by atoms with Crippen LogP contribution in [0, 0.1) is 35.5 Å². The van der Waals surface area contributed by atoms with Gasteiger partial charge in [-0.15, -0.1) is 5.92 Å². The number of aliphatic hydroxyl groups excluding tert-OH is 4. The Morgan fingerprint density at radius 3 is 2.56 bits per heavy atom. The molecule has 0 aromatic rings. The molecule has 0 radical (unpaired) electrons. The van der Waals surface area contributed by atoms with E-state index in [1.165, 1.54) is 6.42 Å². The molecule has 1 saturated carbocycles. The zero-order chi connectivity index (χ0) is 25.8. The normalized spacial score (nSPS) is 37.0. The number of aliphatic hydroxyl groups is 4. The molecule has 2 fully saturated rings. The van der Waals surface area contributed by atoms with Crippen LogP contribution in [0.2, 0.25) is 0 Å². The van der Waals surface area contributed by atoms with Crippen LogP contribution < -0.4 is 11.1 Å². The lowest BCUT2D eigenvalue weighted by atomic mass is 9.79. The third kappa shape index (κ3) is 10.2. The monoisotopic (exact) mass is 508 g/mol. The molecule has 2 aliphatic carbocycles. The van der Waals surface area contributed by atoms with Crippen molar-refractivity contribution in [1.29, 1.82) is 0 Å². The molecule has 3 aliphatic rings. The molecule has 36 heavy (non-hydrogen) atoms. The van der Waals surface area contributed by atoms with Crippen molar-refractivity contribution < 1.29 is 25.2 Å². The summed E-state index contributed by atoms with van der Waals surface area (Å²) in [4.78, 5) is 0. The number of hydrogen-bond acceptors (Lipinski definition) is 7. The minimum Gasteiger partial charge on any atom is -0.396 e. The lowest BCUT2D eigenvalue weighted by Crippen LogP contribution is -2.44. The van der Waals surface area contributed by atoms with Gasteiger partial charge in [-0.1, -0.05) is 18.8 Å². The number of piperidine rings is 1. The van der Waals surface area contributed by atoms with Crippen molar-refractivity contribution in [1.82, 2.24) is 5.32 Å². The van der Waals surface area contributed by atoms with Crippen molar-refractivity contribution in [3.05, 3.63) is 0 Å². The van der Waals surface area contributed by atoms with Crippen LogP contribution in [0.5, 0.6) is 0 Å². The van der Waals surface area contributed by atoms with E-state index >= 15 is 0 Å². The molecule has 0 aromatic heterocycles. The van der Waals surface area contributed by atoms with Gasteiger partial charge in [0.25, 0.3) is 0 Å². The molecule has 208 valence electrons. The Balaban J connectivity index is 1.40. The van der Waals surface area contributed by atoms with E-state index in [2.05, 4.69) is 17.2 Å². The van der Waals surface area contributed by atoms with E-state index in [9.17, 15) is 20.4 Å². The summed E-state index contributed by atoms with van der Waals surface area (Å²) in [5, 5.41) is 44.8. The van der Waals surface area contributed by atoms with Gasteiger partial charge in [-0.25, -0.2) is 0 Å². The first-order valence-corrected chi connectivity index (χ1v) is 14.7. The van der Waals surface area contributed by atoms with Crippen LogP contribution in [0.25, 0.3) is 0 Å². The lowest BCUT2D eigenvalue weighted by molar-refractivity contribution is -0.0755. The summed E-state index contributed by atoms with van der Waals surface area (Å²) in [5.74, 6) is 7.56. The summed E-state index contributed by atoms with van der Waals surface area (Å²) in [6.07, 6.45) is 11.7. The SMILES string of the molecule is NC1CC(CCCOC2CC(CCC(O)C3CC#CC(CCO)CCCCC3O)CCC2O)CCN1. The van der Waals surface area contributed by atoms with Gasteiger partial charge in [0.15, 0.2) is 0 Å². The molecule has 3 rings (SSSR count). The van der Waals surface area contributed by atoms with Crippen molar-refractivity contribution >= 4 is 0 Å². The average Bonchev–Trinajstić information content (AvgIpc) is 2.86. The number of hydrogen-bond donors (Lipinski definition) is 6. The number of rotatable bonds is 11. The van der Waals surface area contributed by atoms with E-state index < -0.39 is 18.3 Å². The second-order valence-corrected chi connectivity index (χ2v) is 11.6. The Kier molecular flexibility index (Phi) is 13.5. The Morgan fingerprint density at radius 2 is 1.75 bits per heavy atom. The summed E-state index contributed by atoms with van der Waals surface area (Å²) >= 11 is 0. The summed E-state index contributed by atoms with van der Waals surface area (Å²) in [7, 11) is 0. The van der Waals surface area contributed by atoms with Gasteiger partial charge in [-0.05, 0) is 95.4 Å². The predicted molar refractivity (Wildman–Crippen MR) is 142 cm³/mol. The van der Waals surface area contributed by atoms with Gasteiger partial charge in [-0.2, -0.15) is 0 Å². The van der Waals surface area contributed by atoms with Gasteiger partial charge in [0.1, 0.15) is 0 Å². The van der Waals surface area contributed by atoms with Crippen LogP contribution in [0.1, 0.15) is 96.3 Å². The van der Waals surface area contributed by atoms with Gasteiger partial charge >= 0.3 is 0 Å². The fourth-order valence-electron chi connectivity index (χ4n) is 6.41. The molecule has 9 unspecified atom stereocenters. The maximum Gasteiger partial charge on any atom is 0.0836 e. The standard InChI is InChI=1S/C29H52N2O5/c30-29-20-22(14-16-31-29)7-4-18-36-28-19-23(11-13-27(28)35)10-12-26(34)24-8-3-6-21(15-17-32)5-1-2-9-25(24)33/h21-29,31-35H,1-2,4-5,7-20,30H2. The second kappa shape index (κ2) is 16.3. The van der Waals surface area contributed by atoms with E-state index in [-0.39, 0.29) is 30.7 Å². The molecule has 7 nitrogen and oxygen atoms in total. The van der Waals surface area contributed by atoms with Crippen molar-refractivity contribution in [3.63, 3.8) is 0 Å². The van der Waals surface area contributed by atoms with Crippen LogP contribution in [-0.4, -0.2) is 70.8 Å². The molecule has 1 heterocycles. The van der Waals surface area contributed by atoms with Gasteiger partial charge in [-0.3, -0.25) is 0 Å². The first kappa shape index (κ1) is 29.8. The zero-order valence-electron chi connectivity index (χ0n) is 22.2. The molecule has 1 saturated heterocycles. The third-order valence-electron chi connectivity index (χ3n) is 8.78. The van der Waals surface area contributed by atoms with Crippen LogP contribution in [0.15, 0.2) is 0 Å². The lowest BCUT2D eigenvalue weighted by Gasteiger charge is -2.34. The molecule has 1 aliphatic heterocycles. The van der Waals surface area contributed by atoms with Gasteiger partial charge in [0.2, 0.25) is 0 Å². The Hall–Kier alpha value is -0.720. The highest BCUT2D eigenvalue weighted by Gasteiger charge is 2.32. The second-order valence-electron chi connectivity index (χ2n) is 11.6. The molecule has 0 aromatic carbocycles. The third-order valence-corrected chi connectivity index (χ3v) is 8.78. The molecule has 7 heteroatoms. The van der Waals surface area contributed by atoms with E-state index in [4.69, 9.17) is 10.5 Å². The Morgan fingerprint density at radius 1 is 0.944 bits per heavy atom. The van der Waals surface area contributed by atoms with Gasteiger partial charge in [0.05, 0.1) is 30.6 Å². The predicted octanol–water partition coefficient (Wildman–Crippen LogP) is 2.68. The summed E-state index contributed by atoms with van der Waals surface area (Å²) in [6, 6.07) is 0. The smallest absolute Gasteiger partial charge is 0.0836 e. The quantitative estimate of drug-likeness (QED) is 0.187. The van der Waals surface area contributed by atoms with E-state index in [0.717, 1.165) is 70.8 Å². The van der Waals surface area contributed by atoms with Crippen LogP contribution in [0.3, 0.4) is 0 Å². The molecule has 7 N–H and O–H groups in total. The Bertz CT molecular complexity index is 668. The van der Waals surface area contributed by atoms with Crippen molar-refractivity contribution in [2.45, 2.75) is 127 Å². The summed E-state index contributed by atoms with van der Waals surface area (Å²) in [5.41, 5.74) is 6.01. The molecule has 9 atom stereocenters. The maximum absolute atomic E-state index is 11.0. The first-order chi connectivity index (χ1) is 17.5. The van der Waals surface area contributed by atoms with E-state index in [1.54, 1.807) is 0 Å². The fourth-order valence-corrected chi connectivity index (χ4v) is 6.41. The number of nitrogens with one attached hydrogen (secondary N) is 1. The minimum atomic E-state index is -0.576. The molecule has 0 amide bonds. The minimum absolute atomic E-state index is 0.119. The van der Waals surface area contributed by atoms with Gasteiger partial charge < -0.3 is 36.2 Å². The van der Waals surface area contributed by atoms with E-state index in [1.807, 2.05) is 0 Å². The highest BCUT2D eigenvalue weighted by molar-refractivity contribution is 5.06. The largest absolute Gasteiger partial charge is 0.396 e. The topological polar surface area (TPSA) is 128 Å². The average molecular weight is 509 g/mol. The van der Waals surface area contributed by atoms with Crippen molar-refractivity contribution in [3.8, 4) is 11.8 Å². The number of ether oxygens (including phenoxy) is 1. The highest BCUT2D eigenvalue weighted by atomic mass is 16.5. The van der Waals surface area contributed by atoms with Crippen molar-refractivity contribution in [2.75, 3.05) is 19.8 Å². The maximum atomic E-state index is 11.0. The van der Waals surface area contributed by atoms with Crippen LogP contribution in [0.4, 0.5) is 0 Å². The van der Waals surface area contributed by atoms with Crippen molar-refractivity contribution in [2.24, 2.45) is 29.4 Å². The van der Waals surface area contributed by atoms with Crippen LogP contribution >= 0.6 is 0 Å². The molecule has 0 bridgehead atoms. The summed E-state index contributed by atoms with van der Waals surface area (Å²) < 4.78 is 6.13. The number of nitrogens with two attached hydrogens (primary N) is 1. The Labute approximate surface area is 218 Å². The summed E-state index contributed by atoms with van der Waals surface area (Å²) in [6.45, 7) is 1.83. The molecular formula is C29H52N2O5. The van der Waals surface area contributed by atoms with E-state index in [0.29, 0.717) is 44.1 Å². The van der Waals surface area contributed by atoms with Gasteiger partial charge in [0, 0.05) is 31.5 Å². The molecular weight excluding hydrogens is 456 g/mol. The first-order valence-electron chi connectivity index (χ1n) is 14.7. The fraction of sp³-hybridized carbons (Fsp3) is 0.931.